The van der Waals surface area contributed by atoms with Crippen LogP contribution in [0, 0.1) is 5.82 Å². The van der Waals surface area contributed by atoms with Gasteiger partial charge in [-0.05, 0) is 24.6 Å². The van der Waals surface area contributed by atoms with Crippen LogP contribution >= 0.6 is 0 Å². The molecule has 4 heteroatoms. The van der Waals surface area contributed by atoms with Gasteiger partial charge in [0, 0.05) is 13.2 Å². The molecule has 0 aliphatic carbocycles. The first-order chi connectivity index (χ1) is 7.67. The van der Waals surface area contributed by atoms with E-state index in [-0.39, 0.29) is 11.9 Å². The van der Waals surface area contributed by atoms with Gasteiger partial charge in [-0.15, -0.1) is 0 Å². The molecule has 0 aliphatic heterocycles. The molecule has 0 saturated heterocycles. The Kier molecular flexibility index (Phi) is 5.05. The van der Waals surface area contributed by atoms with Crippen molar-refractivity contribution in [1.82, 2.24) is 0 Å². The molecule has 0 amide bonds. The minimum absolute atomic E-state index is 0.166. The van der Waals surface area contributed by atoms with Crippen LogP contribution in [0.3, 0.4) is 0 Å². The predicted octanol–water partition coefficient (Wildman–Crippen LogP) is 2.63. The number of nitrogen functional groups attached to an aromatic ring is 1. The highest BCUT2D eigenvalue weighted by Crippen LogP contribution is 2.21. The highest BCUT2D eigenvalue weighted by atomic mass is 19.1. The minimum Gasteiger partial charge on any atom is -0.397 e. The number of rotatable bonds is 6. The van der Waals surface area contributed by atoms with Crippen molar-refractivity contribution >= 4 is 11.4 Å². The molecular weight excluding hydrogens is 207 g/mol. The van der Waals surface area contributed by atoms with Crippen molar-refractivity contribution in [3.8, 4) is 0 Å². The molecule has 0 spiro atoms. The Labute approximate surface area is 95.8 Å². The smallest absolute Gasteiger partial charge is 0.125 e. The second kappa shape index (κ2) is 6.33. The van der Waals surface area contributed by atoms with Crippen LogP contribution in [-0.2, 0) is 4.74 Å². The first kappa shape index (κ1) is 12.8. The topological polar surface area (TPSA) is 47.3 Å². The molecule has 3 N–H and O–H groups in total. The summed E-state index contributed by atoms with van der Waals surface area (Å²) in [6.45, 7) is 2.68. The molecule has 0 aliphatic rings. The van der Waals surface area contributed by atoms with Gasteiger partial charge in [0.15, 0.2) is 0 Å². The predicted molar refractivity (Wildman–Crippen MR) is 65.0 cm³/mol. The van der Waals surface area contributed by atoms with Gasteiger partial charge in [0.05, 0.1) is 18.0 Å². The Morgan fingerprint density at radius 3 is 2.88 bits per heavy atom. The van der Waals surface area contributed by atoms with E-state index in [0.29, 0.717) is 18.0 Å². The largest absolute Gasteiger partial charge is 0.397 e. The lowest BCUT2D eigenvalue weighted by Crippen LogP contribution is -2.25. The van der Waals surface area contributed by atoms with Crippen molar-refractivity contribution in [1.29, 1.82) is 0 Å². The van der Waals surface area contributed by atoms with Crippen molar-refractivity contribution in [2.45, 2.75) is 25.8 Å². The number of hydrogen-bond donors (Lipinski definition) is 2. The summed E-state index contributed by atoms with van der Waals surface area (Å²) in [5, 5.41) is 3.20. The quantitative estimate of drug-likeness (QED) is 0.733. The van der Waals surface area contributed by atoms with Gasteiger partial charge < -0.3 is 15.8 Å². The number of nitrogens with one attached hydrogen (secondary N) is 1. The summed E-state index contributed by atoms with van der Waals surface area (Å²) in [5.74, 6) is -0.288. The Balaban J connectivity index is 2.71. The van der Waals surface area contributed by atoms with Crippen molar-refractivity contribution < 1.29 is 9.13 Å². The number of benzene rings is 1. The fourth-order valence-electron chi connectivity index (χ4n) is 1.62. The van der Waals surface area contributed by atoms with E-state index in [4.69, 9.17) is 10.5 Å². The Hall–Kier alpha value is -1.29. The summed E-state index contributed by atoms with van der Waals surface area (Å²) in [4.78, 5) is 0. The number of methoxy groups -OCH3 is 1. The Morgan fingerprint density at radius 2 is 2.25 bits per heavy atom. The number of ether oxygens (including phenoxy) is 1. The highest BCUT2D eigenvalue weighted by Gasteiger charge is 2.09. The summed E-state index contributed by atoms with van der Waals surface area (Å²) in [6, 6.07) is 4.49. The Bertz CT molecular complexity index is 325. The standard InChI is InChI=1S/C12H19FN2O/c1-3-4-10(8-16-2)15-12-7-9(13)5-6-11(12)14/h5-7,10,15H,3-4,8,14H2,1-2H3. The maximum Gasteiger partial charge on any atom is 0.125 e. The maximum absolute atomic E-state index is 13.0. The first-order valence-corrected chi connectivity index (χ1v) is 5.47. The molecule has 1 aromatic carbocycles. The molecular formula is C12H19FN2O. The zero-order valence-electron chi connectivity index (χ0n) is 9.79. The molecule has 3 nitrogen and oxygen atoms in total. The summed E-state index contributed by atoms with van der Waals surface area (Å²) < 4.78 is 18.1. The van der Waals surface area contributed by atoms with E-state index in [1.165, 1.54) is 12.1 Å². The summed E-state index contributed by atoms with van der Waals surface area (Å²) in [7, 11) is 1.65. The molecule has 1 rings (SSSR count). The van der Waals surface area contributed by atoms with Crippen LogP contribution in [-0.4, -0.2) is 19.8 Å². The SMILES string of the molecule is CCCC(COC)Nc1cc(F)ccc1N. The second-order valence-corrected chi connectivity index (χ2v) is 3.82. The molecule has 0 heterocycles. The van der Waals surface area contributed by atoms with E-state index >= 15 is 0 Å². The third-order valence-electron chi connectivity index (χ3n) is 2.38. The fourth-order valence-corrected chi connectivity index (χ4v) is 1.62. The first-order valence-electron chi connectivity index (χ1n) is 5.47. The van der Waals surface area contributed by atoms with Crippen LogP contribution in [0.1, 0.15) is 19.8 Å². The highest BCUT2D eigenvalue weighted by molar-refractivity contribution is 5.66. The molecule has 0 aromatic heterocycles. The molecule has 0 bridgehead atoms. The third-order valence-corrected chi connectivity index (χ3v) is 2.38. The number of anilines is 2. The van der Waals surface area contributed by atoms with E-state index in [0.717, 1.165) is 12.8 Å². The lowest BCUT2D eigenvalue weighted by Gasteiger charge is -2.19. The summed E-state index contributed by atoms with van der Waals surface area (Å²) in [6.07, 6.45) is 2.00. The zero-order chi connectivity index (χ0) is 12.0. The van der Waals surface area contributed by atoms with Crippen LogP contribution in [0.4, 0.5) is 15.8 Å². The number of halogens is 1. The van der Waals surface area contributed by atoms with E-state index in [9.17, 15) is 4.39 Å². The lowest BCUT2D eigenvalue weighted by atomic mass is 10.1. The second-order valence-electron chi connectivity index (χ2n) is 3.82. The monoisotopic (exact) mass is 226 g/mol. The lowest BCUT2D eigenvalue weighted by molar-refractivity contribution is 0.182. The number of nitrogens with two attached hydrogens (primary N) is 1. The van der Waals surface area contributed by atoms with Gasteiger partial charge in [0.1, 0.15) is 5.82 Å². The van der Waals surface area contributed by atoms with E-state index in [1.54, 1.807) is 13.2 Å². The van der Waals surface area contributed by atoms with Crippen molar-refractivity contribution in [3.63, 3.8) is 0 Å². The van der Waals surface area contributed by atoms with Crippen LogP contribution in [0.15, 0.2) is 18.2 Å². The van der Waals surface area contributed by atoms with Crippen molar-refractivity contribution in [2.75, 3.05) is 24.8 Å². The maximum atomic E-state index is 13.0. The summed E-state index contributed by atoms with van der Waals surface area (Å²) >= 11 is 0. The van der Waals surface area contributed by atoms with Crippen LogP contribution in [0.5, 0.6) is 0 Å². The summed E-state index contributed by atoms with van der Waals surface area (Å²) in [5.41, 5.74) is 6.95. The van der Waals surface area contributed by atoms with E-state index in [1.807, 2.05) is 0 Å². The molecule has 1 unspecified atom stereocenters. The zero-order valence-corrected chi connectivity index (χ0v) is 9.79. The molecule has 16 heavy (non-hydrogen) atoms. The number of hydrogen-bond acceptors (Lipinski definition) is 3. The average Bonchev–Trinajstić information content (AvgIpc) is 2.24. The van der Waals surface area contributed by atoms with Crippen LogP contribution in [0.25, 0.3) is 0 Å². The normalized spacial score (nSPS) is 12.4. The van der Waals surface area contributed by atoms with Gasteiger partial charge in [0.2, 0.25) is 0 Å². The fraction of sp³-hybridized carbons (Fsp3) is 0.500. The Morgan fingerprint density at radius 1 is 1.50 bits per heavy atom. The molecule has 0 fully saturated rings. The molecule has 1 atom stereocenters. The molecule has 90 valence electrons. The van der Waals surface area contributed by atoms with E-state index < -0.39 is 0 Å². The van der Waals surface area contributed by atoms with Gasteiger partial charge >= 0.3 is 0 Å². The third kappa shape index (κ3) is 3.70. The van der Waals surface area contributed by atoms with Gasteiger partial charge in [-0.2, -0.15) is 0 Å². The van der Waals surface area contributed by atoms with Gasteiger partial charge in [0.25, 0.3) is 0 Å². The van der Waals surface area contributed by atoms with Gasteiger partial charge in [-0.1, -0.05) is 13.3 Å². The average molecular weight is 226 g/mol. The molecule has 0 saturated carbocycles. The van der Waals surface area contributed by atoms with Crippen LogP contribution in [0.2, 0.25) is 0 Å². The van der Waals surface area contributed by atoms with Gasteiger partial charge in [-0.25, -0.2) is 4.39 Å². The minimum atomic E-state index is -0.288. The molecule has 1 aromatic rings. The van der Waals surface area contributed by atoms with Crippen molar-refractivity contribution in [2.24, 2.45) is 0 Å². The van der Waals surface area contributed by atoms with E-state index in [2.05, 4.69) is 12.2 Å². The molecule has 0 radical (unpaired) electrons. The van der Waals surface area contributed by atoms with Gasteiger partial charge in [-0.3, -0.25) is 0 Å². The van der Waals surface area contributed by atoms with Crippen LogP contribution < -0.4 is 11.1 Å². The van der Waals surface area contributed by atoms with Crippen molar-refractivity contribution in [3.05, 3.63) is 24.0 Å².